The van der Waals surface area contributed by atoms with E-state index >= 15 is 0 Å². The third-order valence-electron chi connectivity index (χ3n) is 4.30. The van der Waals surface area contributed by atoms with Crippen LogP contribution in [0, 0.1) is 0 Å². The lowest BCUT2D eigenvalue weighted by Gasteiger charge is -2.25. The zero-order valence-corrected chi connectivity index (χ0v) is 16.0. The molecule has 1 atom stereocenters. The predicted octanol–water partition coefficient (Wildman–Crippen LogP) is 1.64. The van der Waals surface area contributed by atoms with Crippen LogP contribution in [0.3, 0.4) is 0 Å². The van der Waals surface area contributed by atoms with E-state index in [1.165, 1.54) is 28.0 Å². The molecule has 1 amide bonds. The first-order valence-corrected chi connectivity index (χ1v) is 10.0. The van der Waals surface area contributed by atoms with E-state index in [9.17, 15) is 18.3 Å². The average molecular weight is 403 g/mol. The maximum atomic E-state index is 13.1. The zero-order valence-electron chi connectivity index (χ0n) is 15.2. The number of benzene rings is 1. The van der Waals surface area contributed by atoms with Gasteiger partial charge in [-0.15, -0.1) is 0 Å². The number of amides is 1. The van der Waals surface area contributed by atoms with Crippen molar-refractivity contribution in [1.82, 2.24) is 9.47 Å². The van der Waals surface area contributed by atoms with E-state index in [1.54, 1.807) is 19.2 Å². The van der Waals surface area contributed by atoms with Gasteiger partial charge in [-0.1, -0.05) is 30.3 Å². The minimum Gasteiger partial charge on any atom is -0.467 e. The molecule has 0 spiro atoms. The van der Waals surface area contributed by atoms with Crippen molar-refractivity contribution in [3.05, 3.63) is 78.0 Å². The highest BCUT2D eigenvalue weighted by molar-refractivity contribution is 7.89. The van der Waals surface area contributed by atoms with Gasteiger partial charge >= 0.3 is 0 Å². The van der Waals surface area contributed by atoms with Crippen LogP contribution in [0.15, 0.2) is 70.3 Å². The fraction of sp³-hybridized carbons (Fsp3) is 0.211. The van der Waals surface area contributed by atoms with Crippen molar-refractivity contribution in [2.45, 2.75) is 17.5 Å². The molecule has 0 radical (unpaired) electrons. The molecule has 0 aliphatic carbocycles. The van der Waals surface area contributed by atoms with Crippen molar-refractivity contribution >= 4 is 15.9 Å². The molecule has 0 saturated carbocycles. The predicted molar refractivity (Wildman–Crippen MR) is 102 cm³/mol. The van der Waals surface area contributed by atoms with Gasteiger partial charge in [-0.25, -0.2) is 13.6 Å². The van der Waals surface area contributed by atoms with E-state index in [-0.39, 0.29) is 23.7 Å². The normalized spacial score (nSPS) is 12.7. The minimum absolute atomic E-state index is 0.0306. The number of aliphatic hydroxyl groups excluding tert-OH is 1. The SMILES string of the molecule is Cn1cc(S(N)(=O)=O)cc1C(=O)N(Cc1ccccc1)CC(O)c1ccco1. The molecule has 8 nitrogen and oxygen atoms in total. The minimum atomic E-state index is -3.94. The largest absolute Gasteiger partial charge is 0.467 e. The summed E-state index contributed by atoms with van der Waals surface area (Å²) < 4.78 is 29.8. The standard InChI is InChI=1S/C19H21N3O5S/c1-21-12-15(28(20,25)26)10-16(21)19(24)22(11-14-6-3-2-4-7-14)13-17(23)18-8-5-9-27-18/h2-10,12,17,23H,11,13H2,1H3,(H2,20,25,26). The van der Waals surface area contributed by atoms with Crippen molar-refractivity contribution in [3.8, 4) is 0 Å². The Morgan fingerprint density at radius 1 is 1.25 bits per heavy atom. The van der Waals surface area contributed by atoms with E-state index in [0.29, 0.717) is 5.76 Å². The zero-order chi connectivity index (χ0) is 20.3. The van der Waals surface area contributed by atoms with E-state index in [0.717, 1.165) is 5.56 Å². The fourth-order valence-corrected chi connectivity index (χ4v) is 3.45. The summed E-state index contributed by atoms with van der Waals surface area (Å²) in [5.41, 5.74) is 1.01. The topological polar surface area (TPSA) is 119 Å². The second kappa shape index (κ2) is 8.01. The van der Waals surface area contributed by atoms with Crippen LogP contribution >= 0.6 is 0 Å². The molecule has 1 unspecified atom stereocenters. The lowest BCUT2D eigenvalue weighted by atomic mass is 10.1. The van der Waals surface area contributed by atoms with Crippen molar-refractivity contribution in [3.63, 3.8) is 0 Å². The Morgan fingerprint density at radius 2 is 1.96 bits per heavy atom. The molecule has 0 fully saturated rings. The fourth-order valence-electron chi connectivity index (χ4n) is 2.87. The van der Waals surface area contributed by atoms with Gasteiger partial charge in [0.05, 0.1) is 12.8 Å². The molecular formula is C19H21N3O5S. The number of aromatic nitrogens is 1. The third-order valence-corrected chi connectivity index (χ3v) is 5.18. The van der Waals surface area contributed by atoms with Gasteiger partial charge in [0, 0.05) is 19.8 Å². The Labute approximate surface area is 162 Å². The van der Waals surface area contributed by atoms with E-state index < -0.39 is 22.0 Å². The smallest absolute Gasteiger partial charge is 0.270 e. The van der Waals surface area contributed by atoms with Crippen LogP contribution in [0.4, 0.5) is 0 Å². The van der Waals surface area contributed by atoms with Crippen molar-refractivity contribution in [2.75, 3.05) is 6.54 Å². The summed E-state index contributed by atoms with van der Waals surface area (Å²) in [6, 6.07) is 13.8. The summed E-state index contributed by atoms with van der Waals surface area (Å²) in [7, 11) is -2.38. The summed E-state index contributed by atoms with van der Waals surface area (Å²) in [4.78, 5) is 14.4. The second-order valence-electron chi connectivity index (χ2n) is 6.42. The first kappa shape index (κ1) is 19.9. The van der Waals surface area contributed by atoms with Gasteiger partial charge in [-0.05, 0) is 23.8 Å². The lowest BCUT2D eigenvalue weighted by Crippen LogP contribution is -2.35. The van der Waals surface area contributed by atoms with Crippen LogP contribution in [-0.4, -0.2) is 35.4 Å². The molecule has 0 aliphatic rings. The molecule has 3 aromatic rings. The Morgan fingerprint density at radius 3 is 2.54 bits per heavy atom. The van der Waals surface area contributed by atoms with Gasteiger partial charge in [0.2, 0.25) is 10.0 Å². The number of carbonyl (C=O) groups excluding carboxylic acids is 1. The second-order valence-corrected chi connectivity index (χ2v) is 7.98. The monoisotopic (exact) mass is 403 g/mol. The summed E-state index contributed by atoms with van der Waals surface area (Å²) in [5.74, 6) is -0.102. The van der Waals surface area contributed by atoms with E-state index in [1.807, 2.05) is 30.3 Å². The van der Waals surface area contributed by atoms with Gasteiger partial charge < -0.3 is 19.0 Å². The summed E-state index contributed by atoms with van der Waals surface area (Å²) >= 11 is 0. The molecule has 3 rings (SSSR count). The highest BCUT2D eigenvalue weighted by Gasteiger charge is 2.25. The highest BCUT2D eigenvalue weighted by Crippen LogP contribution is 2.20. The number of furan rings is 1. The molecular weight excluding hydrogens is 382 g/mol. The van der Waals surface area contributed by atoms with Crippen LogP contribution in [0.25, 0.3) is 0 Å². The molecule has 3 N–H and O–H groups in total. The Balaban J connectivity index is 1.91. The average Bonchev–Trinajstić information content (AvgIpc) is 3.31. The van der Waals surface area contributed by atoms with Crippen molar-refractivity contribution in [1.29, 1.82) is 0 Å². The molecule has 1 aromatic carbocycles. The number of carbonyl (C=O) groups is 1. The molecule has 0 bridgehead atoms. The summed E-state index contributed by atoms with van der Waals surface area (Å²) in [6.07, 6.45) is 1.70. The molecule has 2 heterocycles. The van der Waals surface area contributed by atoms with Crippen LogP contribution in [0.5, 0.6) is 0 Å². The number of hydrogen-bond donors (Lipinski definition) is 2. The molecule has 0 saturated heterocycles. The number of nitrogens with two attached hydrogens (primary N) is 1. The van der Waals surface area contributed by atoms with Crippen LogP contribution in [0.1, 0.15) is 27.9 Å². The van der Waals surface area contributed by atoms with E-state index in [2.05, 4.69) is 0 Å². The third kappa shape index (κ3) is 4.50. The molecule has 2 aromatic heterocycles. The number of aryl methyl sites for hydroxylation is 1. The number of nitrogens with zero attached hydrogens (tertiary/aromatic N) is 2. The maximum absolute atomic E-state index is 13.1. The Hall–Kier alpha value is -2.88. The number of hydrogen-bond acceptors (Lipinski definition) is 5. The molecule has 28 heavy (non-hydrogen) atoms. The Bertz CT molecular complexity index is 1040. The van der Waals surface area contributed by atoms with Crippen LogP contribution in [-0.2, 0) is 23.6 Å². The quantitative estimate of drug-likeness (QED) is 0.622. The first-order chi connectivity index (χ1) is 13.3. The number of sulfonamides is 1. The molecule has 148 valence electrons. The maximum Gasteiger partial charge on any atom is 0.270 e. The number of primary sulfonamides is 1. The van der Waals surface area contributed by atoms with Crippen molar-refractivity contribution in [2.24, 2.45) is 12.2 Å². The van der Waals surface area contributed by atoms with Crippen LogP contribution in [0.2, 0.25) is 0 Å². The van der Waals surface area contributed by atoms with Gasteiger partial charge in [-0.3, -0.25) is 4.79 Å². The Kier molecular flexibility index (Phi) is 5.68. The molecule has 0 aliphatic heterocycles. The van der Waals surface area contributed by atoms with Gasteiger partial charge in [0.1, 0.15) is 22.5 Å². The molecule has 9 heteroatoms. The lowest BCUT2D eigenvalue weighted by molar-refractivity contribution is 0.0554. The van der Waals surface area contributed by atoms with Crippen molar-refractivity contribution < 1.29 is 22.7 Å². The number of rotatable bonds is 7. The summed E-state index contributed by atoms with van der Waals surface area (Å²) in [5, 5.41) is 15.6. The highest BCUT2D eigenvalue weighted by atomic mass is 32.2. The first-order valence-electron chi connectivity index (χ1n) is 8.49. The van der Waals surface area contributed by atoms with E-state index in [4.69, 9.17) is 9.56 Å². The van der Waals surface area contributed by atoms with Gasteiger partial charge in [0.25, 0.3) is 5.91 Å². The summed E-state index contributed by atoms with van der Waals surface area (Å²) in [6.45, 7) is 0.199. The van der Waals surface area contributed by atoms with Gasteiger partial charge in [0.15, 0.2) is 0 Å². The number of aliphatic hydroxyl groups is 1. The van der Waals surface area contributed by atoms with Crippen LogP contribution < -0.4 is 5.14 Å². The van der Waals surface area contributed by atoms with Gasteiger partial charge in [-0.2, -0.15) is 0 Å².